The Hall–Kier alpha value is -3.02. The smallest absolute Gasteiger partial charge is 0.319 e. The van der Waals surface area contributed by atoms with Gasteiger partial charge >= 0.3 is 6.03 Å². The van der Waals surface area contributed by atoms with E-state index in [1.54, 1.807) is 12.0 Å². The molecule has 142 valence electrons. The highest BCUT2D eigenvalue weighted by atomic mass is 16.5. The molecule has 2 N–H and O–H groups in total. The third-order valence-electron chi connectivity index (χ3n) is 4.87. The molecule has 1 fully saturated rings. The van der Waals surface area contributed by atoms with E-state index in [-0.39, 0.29) is 24.4 Å². The molecule has 1 atom stereocenters. The van der Waals surface area contributed by atoms with Crippen molar-refractivity contribution in [3.05, 3.63) is 53.1 Å². The summed E-state index contributed by atoms with van der Waals surface area (Å²) in [6.07, 6.45) is 0.283. The largest absolute Gasteiger partial charge is 0.495 e. The van der Waals surface area contributed by atoms with Gasteiger partial charge in [0.05, 0.1) is 18.8 Å². The Morgan fingerprint density at radius 1 is 1.11 bits per heavy atom. The van der Waals surface area contributed by atoms with Gasteiger partial charge in [0.15, 0.2) is 0 Å². The van der Waals surface area contributed by atoms with Crippen LogP contribution in [0.3, 0.4) is 0 Å². The van der Waals surface area contributed by atoms with Crippen LogP contribution in [0, 0.1) is 20.8 Å². The van der Waals surface area contributed by atoms with Crippen molar-refractivity contribution in [2.24, 2.45) is 0 Å². The molecule has 3 amide bonds. The highest BCUT2D eigenvalue weighted by Crippen LogP contribution is 2.26. The van der Waals surface area contributed by atoms with Crippen molar-refractivity contribution in [2.45, 2.75) is 33.2 Å². The van der Waals surface area contributed by atoms with Gasteiger partial charge in [-0.05, 0) is 61.7 Å². The van der Waals surface area contributed by atoms with E-state index < -0.39 is 0 Å². The second kappa shape index (κ2) is 7.70. The maximum absolute atomic E-state index is 12.4. The molecule has 6 heteroatoms. The molecule has 0 aromatic heterocycles. The highest BCUT2D eigenvalue weighted by molar-refractivity contribution is 5.98. The fourth-order valence-corrected chi connectivity index (χ4v) is 3.21. The van der Waals surface area contributed by atoms with Crippen molar-refractivity contribution in [1.29, 1.82) is 0 Å². The van der Waals surface area contributed by atoms with E-state index in [9.17, 15) is 9.59 Å². The number of anilines is 2. The van der Waals surface area contributed by atoms with Crippen molar-refractivity contribution < 1.29 is 14.3 Å². The van der Waals surface area contributed by atoms with Gasteiger partial charge in [-0.2, -0.15) is 0 Å². The first kappa shape index (κ1) is 18.8. The fraction of sp³-hybridized carbons (Fsp3) is 0.333. The molecule has 1 heterocycles. The molecule has 1 aliphatic heterocycles. The maximum Gasteiger partial charge on any atom is 0.319 e. The lowest BCUT2D eigenvalue weighted by atomic mass is 10.1. The van der Waals surface area contributed by atoms with Crippen molar-refractivity contribution in [2.75, 3.05) is 23.9 Å². The summed E-state index contributed by atoms with van der Waals surface area (Å²) < 4.78 is 5.28. The lowest BCUT2D eigenvalue weighted by Crippen LogP contribution is -2.39. The number of methoxy groups -OCH3 is 1. The van der Waals surface area contributed by atoms with Crippen molar-refractivity contribution in [3.8, 4) is 5.75 Å². The van der Waals surface area contributed by atoms with Crippen LogP contribution in [-0.2, 0) is 4.79 Å². The van der Waals surface area contributed by atoms with Gasteiger partial charge in [-0.3, -0.25) is 4.79 Å². The number of nitrogens with one attached hydrogen (secondary N) is 2. The predicted octanol–water partition coefficient (Wildman–Crippen LogP) is 3.55. The molecule has 6 nitrogen and oxygen atoms in total. The molecule has 0 spiro atoms. The van der Waals surface area contributed by atoms with Crippen LogP contribution in [0.4, 0.5) is 16.2 Å². The van der Waals surface area contributed by atoms with Gasteiger partial charge in [0, 0.05) is 18.7 Å². The summed E-state index contributed by atoms with van der Waals surface area (Å²) in [6, 6.07) is 10.9. The van der Waals surface area contributed by atoms with Crippen LogP contribution in [0.5, 0.6) is 5.75 Å². The summed E-state index contributed by atoms with van der Waals surface area (Å²) in [4.78, 5) is 26.5. The summed E-state index contributed by atoms with van der Waals surface area (Å²) in [7, 11) is 1.56. The van der Waals surface area contributed by atoms with Crippen molar-refractivity contribution in [1.82, 2.24) is 5.32 Å². The summed E-state index contributed by atoms with van der Waals surface area (Å²) in [5.41, 5.74) is 4.81. The Balaban J connectivity index is 1.65. The summed E-state index contributed by atoms with van der Waals surface area (Å²) in [5, 5.41) is 5.70. The summed E-state index contributed by atoms with van der Waals surface area (Å²) in [5.74, 6) is 0.603. The van der Waals surface area contributed by atoms with Crippen LogP contribution in [0.1, 0.15) is 23.1 Å². The first-order chi connectivity index (χ1) is 12.9. The second-order valence-corrected chi connectivity index (χ2v) is 6.98. The van der Waals surface area contributed by atoms with Crippen LogP contribution in [0.25, 0.3) is 0 Å². The monoisotopic (exact) mass is 367 g/mol. The molecular formula is C21H25N3O3. The minimum Gasteiger partial charge on any atom is -0.495 e. The van der Waals surface area contributed by atoms with Crippen LogP contribution in [0.15, 0.2) is 36.4 Å². The minimum atomic E-state index is -0.348. The van der Waals surface area contributed by atoms with Gasteiger partial charge in [-0.15, -0.1) is 0 Å². The number of nitrogens with zero attached hydrogens (tertiary/aromatic N) is 1. The molecule has 2 aromatic rings. The lowest BCUT2D eigenvalue weighted by molar-refractivity contribution is -0.117. The Morgan fingerprint density at radius 3 is 2.59 bits per heavy atom. The average Bonchev–Trinajstić information content (AvgIpc) is 2.97. The first-order valence-electron chi connectivity index (χ1n) is 8.97. The first-order valence-corrected chi connectivity index (χ1v) is 8.97. The Kier molecular flexibility index (Phi) is 5.35. The predicted molar refractivity (Wildman–Crippen MR) is 107 cm³/mol. The van der Waals surface area contributed by atoms with Gasteiger partial charge < -0.3 is 20.3 Å². The third-order valence-corrected chi connectivity index (χ3v) is 4.87. The van der Waals surface area contributed by atoms with Gasteiger partial charge in [0.1, 0.15) is 5.75 Å². The fourth-order valence-electron chi connectivity index (χ4n) is 3.21. The van der Waals surface area contributed by atoms with E-state index in [1.165, 1.54) is 5.56 Å². The number of carbonyl (C=O) groups is 2. The number of urea groups is 1. The average molecular weight is 367 g/mol. The molecule has 1 aliphatic rings. The number of aryl methyl sites for hydroxylation is 3. The van der Waals surface area contributed by atoms with Crippen LogP contribution in [0.2, 0.25) is 0 Å². The van der Waals surface area contributed by atoms with E-state index in [4.69, 9.17) is 4.74 Å². The van der Waals surface area contributed by atoms with Crippen molar-refractivity contribution >= 4 is 23.3 Å². The number of carbonyl (C=O) groups excluding carboxylic acids is 2. The summed E-state index contributed by atoms with van der Waals surface area (Å²) in [6.45, 7) is 6.47. The molecule has 27 heavy (non-hydrogen) atoms. The molecule has 0 saturated carbocycles. The Bertz CT molecular complexity index is 879. The minimum absolute atomic E-state index is 0.0108. The standard InChI is InChI=1S/C21H25N3O3/c1-13-5-8-19(27-4)18(9-13)23-21(26)22-16-11-20(25)24(12-16)17-7-6-14(2)15(3)10-17/h5-10,16H,11-12H2,1-4H3,(H2,22,23,26). The molecule has 0 bridgehead atoms. The van der Waals surface area contributed by atoms with Gasteiger partial charge in [-0.1, -0.05) is 12.1 Å². The Labute approximate surface area is 159 Å². The number of hydrogen-bond donors (Lipinski definition) is 2. The zero-order valence-electron chi connectivity index (χ0n) is 16.1. The zero-order chi connectivity index (χ0) is 19.6. The molecule has 1 unspecified atom stereocenters. The van der Waals surface area contributed by atoms with Crippen LogP contribution < -0.4 is 20.3 Å². The quantitative estimate of drug-likeness (QED) is 0.868. The third kappa shape index (κ3) is 4.22. The van der Waals surface area contributed by atoms with Crippen molar-refractivity contribution in [3.63, 3.8) is 0 Å². The molecule has 0 aliphatic carbocycles. The second-order valence-electron chi connectivity index (χ2n) is 6.98. The van der Waals surface area contributed by atoms with Gasteiger partial charge in [0.2, 0.25) is 5.91 Å². The normalized spacial score (nSPS) is 16.4. The number of hydrogen-bond acceptors (Lipinski definition) is 3. The van der Waals surface area contributed by atoms with Crippen LogP contribution >= 0.6 is 0 Å². The van der Waals surface area contributed by atoms with E-state index >= 15 is 0 Å². The van der Waals surface area contributed by atoms with E-state index in [1.807, 2.05) is 57.2 Å². The maximum atomic E-state index is 12.4. The number of ether oxygens (including phenoxy) is 1. The van der Waals surface area contributed by atoms with E-state index in [0.717, 1.165) is 16.8 Å². The van der Waals surface area contributed by atoms with Gasteiger partial charge in [-0.25, -0.2) is 4.79 Å². The van der Waals surface area contributed by atoms with E-state index in [2.05, 4.69) is 10.6 Å². The van der Waals surface area contributed by atoms with Gasteiger partial charge in [0.25, 0.3) is 0 Å². The summed E-state index contributed by atoms with van der Waals surface area (Å²) >= 11 is 0. The zero-order valence-corrected chi connectivity index (χ0v) is 16.1. The number of amides is 3. The lowest BCUT2D eigenvalue weighted by Gasteiger charge is -2.19. The highest BCUT2D eigenvalue weighted by Gasteiger charge is 2.31. The molecule has 0 radical (unpaired) electrons. The SMILES string of the molecule is COc1ccc(C)cc1NC(=O)NC1CC(=O)N(c2ccc(C)c(C)c2)C1. The van der Waals surface area contributed by atoms with Crippen LogP contribution in [-0.4, -0.2) is 31.6 Å². The topological polar surface area (TPSA) is 70.7 Å². The molecule has 3 rings (SSSR count). The van der Waals surface area contributed by atoms with E-state index in [0.29, 0.717) is 18.0 Å². The Morgan fingerprint density at radius 2 is 1.89 bits per heavy atom. The molecule has 1 saturated heterocycles. The number of benzene rings is 2. The molecule has 2 aromatic carbocycles. The molecular weight excluding hydrogens is 342 g/mol. The number of rotatable bonds is 4.